The second-order valence-corrected chi connectivity index (χ2v) is 6.34. The molecule has 3 heteroatoms. The highest BCUT2D eigenvalue weighted by atomic mass is 16.8. The summed E-state index contributed by atoms with van der Waals surface area (Å²) in [6.45, 7) is 10.1. The molecule has 0 saturated carbocycles. The molecule has 0 radical (unpaired) electrons. The van der Waals surface area contributed by atoms with Gasteiger partial charge in [0, 0.05) is 6.42 Å². The van der Waals surface area contributed by atoms with Crippen molar-refractivity contribution in [2.24, 2.45) is 5.41 Å². The molecule has 1 aliphatic heterocycles. The van der Waals surface area contributed by atoms with Gasteiger partial charge in [-0.25, -0.2) is 0 Å². The summed E-state index contributed by atoms with van der Waals surface area (Å²) >= 11 is 0. The molecule has 0 amide bonds. The molecular formula is C17H26O3. The van der Waals surface area contributed by atoms with E-state index in [1.54, 1.807) is 6.08 Å². The molecular weight excluding hydrogens is 253 g/mol. The van der Waals surface area contributed by atoms with Crippen molar-refractivity contribution in [3.63, 3.8) is 0 Å². The molecule has 0 bridgehead atoms. The number of rotatable bonds is 3. The first-order valence-electron chi connectivity index (χ1n) is 7.37. The minimum atomic E-state index is -0.496. The predicted octanol–water partition coefficient (Wildman–Crippen LogP) is 3.36. The average molecular weight is 279 g/mol. The van der Waals surface area contributed by atoms with E-state index in [9.17, 15) is 0 Å². The summed E-state index contributed by atoms with van der Waals surface area (Å²) in [6, 6.07) is 0. The van der Waals surface area contributed by atoms with Gasteiger partial charge in [-0.3, -0.25) is 0 Å². The molecule has 0 aromatic rings. The van der Waals surface area contributed by atoms with Gasteiger partial charge in [0.05, 0.1) is 19.8 Å². The largest absolute Gasteiger partial charge is 0.392 e. The maximum Gasteiger partial charge on any atom is 0.191 e. The van der Waals surface area contributed by atoms with Gasteiger partial charge >= 0.3 is 0 Å². The van der Waals surface area contributed by atoms with E-state index in [-0.39, 0.29) is 12.0 Å². The molecule has 1 N–H and O–H groups in total. The van der Waals surface area contributed by atoms with Gasteiger partial charge in [-0.1, -0.05) is 37.6 Å². The molecule has 1 fully saturated rings. The third-order valence-corrected chi connectivity index (χ3v) is 4.46. The van der Waals surface area contributed by atoms with Gasteiger partial charge in [0.25, 0.3) is 0 Å². The summed E-state index contributed by atoms with van der Waals surface area (Å²) in [5, 5.41) is 8.93. The van der Waals surface area contributed by atoms with Crippen LogP contribution in [0, 0.1) is 5.41 Å². The lowest BCUT2D eigenvalue weighted by molar-refractivity contribution is -0.141. The Balaban J connectivity index is 2.36. The lowest BCUT2D eigenvalue weighted by atomic mass is 9.75. The molecule has 3 nitrogen and oxygen atoms in total. The Kier molecular flexibility index (Phi) is 4.52. The van der Waals surface area contributed by atoms with Crippen LogP contribution in [0.4, 0.5) is 0 Å². The number of aliphatic hydroxyl groups is 1. The number of hydrogen-bond donors (Lipinski definition) is 1. The first kappa shape index (κ1) is 15.5. The summed E-state index contributed by atoms with van der Waals surface area (Å²) < 4.78 is 11.8. The minimum absolute atomic E-state index is 0.0771. The van der Waals surface area contributed by atoms with Crippen LogP contribution in [-0.2, 0) is 9.47 Å². The Morgan fingerprint density at radius 2 is 1.90 bits per heavy atom. The smallest absolute Gasteiger partial charge is 0.191 e. The first-order valence-corrected chi connectivity index (χ1v) is 7.37. The average Bonchev–Trinajstić information content (AvgIpc) is 2.85. The standard InChI is InChI=1S/C17H26O3/c1-13(7-10-18)5-6-15-14(2)17(19-11-12-20-17)9-8-16(15,3)4/h5-7,18H,8-12H2,1-4H3/b6-5+,13-7+/i17+1. The van der Waals surface area contributed by atoms with Crippen LogP contribution in [0.2, 0.25) is 0 Å². The molecule has 112 valence electrons. The molecule has 1 aliphatic carbocycles. The summed E-state index contributed by atoms with van der Waals surface area (Å²) in [5.41, 5.74) is 3.67. The zero-order chi connectivity index (χ0) is 14.8. The first-order chi connectivity index (χ1) is 9.41. The molecule has 2 rings (SSSR count). The van der Waals surface area contributed by atoms with Crippen molar-refractivity contribution in [3.8, 4) is 0 Å². The third kappa shape index (κ3) is 2.90. The van der Waals surface area contributed by atoms with Crippen molar-refractivity contribution < 1.29 is 14.6 Å². The normalized spacial score (nSPS) is 25.9. The number of aliphatic hydroxyl groups excluding tert-OH is 1. The van der Waals surface area contributed by atoms with Crippen molar-refractivity contribution >= 4 is 0 Å². The highest BCUT2D eigenvalue weighted by molar-refractivity contribution is 5.39. The lowest BCUT2D eigenvalue weighted by Crippen LogP contribution is -2.39. The van der Waals surface area contributed by atoms with Crippen LogP contribution in [0.15, 0.2) is 34.9 Å². The van der Waals surface area contributed by atoms with Crippen LogP contribution in [0.25, 0.3) is 0 Å². The fourth-order valence-electron chi connectivity index (χ4n) is 3.10. The Hall–Kier alpha value is -0.900. The molecule has 1 spiro atoms. The zero-order valence-corrected chi connectivity index (χ0v) is 13.0. The van der Waals surface area contributed by atoms with Gasteiger partial charge in [-0.05, 0) is 36.8 Å². The Bertz CT molecular complexity index is 449. The van der Waals surface area contributed by atoms with Crippen LogP contribution in [-0.4, -0.2) is 30.7 Å². The molecule has 0 aromatic heterocycles. The van der Waals surface area contributed by atoms with Crippen LogP contribution >= 0.6 is 0 Å². The molecule has 1 heterocycles. The molecule has 20 heavy (non-hydrogen) atoms. The van der Waals surface area contributed by atoms with Crippen molar-refractivity contribution in [1.29, 1.82) is 0 Å². The van der Waals surface area contributed by atoms with Crippen molar-refractivity contribution in [2.75, 3.05) is 19.8 Å². The molecule has 0 atom stereocenters. The van der Waals surface area contributed by atoms with E-state index in [2.05, 4.69) is 32.9 Å². The summed E-state index contributed by atoms with van der Waals surface area (Å²) in [4.78, 5) is 0. The topological polar surface area (TPSA) is 38.7 Å². The van der Waals surface area contributed by atoms with E-state index < -0.39 is 5.79 Å². The number of allylic oxidation sites excluding steroid dienone is 4. The second kappa shape index (κ2) is 5.84. The predicted molar refractivity (Wildman–Crippen MR) is 80.3 cm³/mol. The highest BCUT2D eigenvalue weighted by Gasteiger charge is 2.46. The lowest BCUT2D eigenvalue weighted by Gasteiger charge is -2.42. The molecule has 1 saturated heterocycles. The van der Waals surface area contributed by atoms with E-state index in [0.717, 1.165) is 18.4 Å². The Morgan fingerprint density at radius 1 is 1.25 bits per heavy atom. The summed E-state index contributed by atoms with van der Waals surface area (Å²) in [7, 11) is 0. The van der Waals surface area contributed by atoms with Crippen molar-refractivity contribution in [3.05, 3.63) is 34.9 Å². The monoisotopic (exact) mass is 279 g/mol. The molecule has 0 unspecified atom stereocenters. The van der Waals surface area contributed by atoms with E-state index in [1.165, 1.54) is 11.1 Å². The number of ether oxygens (including phenoxy) is 2. The van der Waals surface area contributed by atoms with Gasteiger partial charge < -0.3 is 14.6 Å². The Labute approximate surface area is 122 Å². The second-order valence-electron chi connectivity index (χ2n) is 6.34. The molecule has 2 aliphatic rings. The fraction of sp³-hybridized carbons (Fsp3) is 0.647. The van der Waals surface area contributed by atoms with Crippen molar-refractivity contribution in [2.45, 2.75) is 46.3 Å². The fourth-order valence-corrected chi connectivity index (χ4v) is 3.10. The van der Waals surface area contributed by atoms with E-state index in [0.29, 0.717) is 13.2 Å². The van der Waals surface area contributed by atoms with Crippen molar-refractivity contribution in [1.82, 2.24) is 0 Å². The van der Waals surface area contributed by atoms with Gasteiger partial charge in [-0.2, -0.15) is 0 Å². The minimum Gasteiger partial charge on any atom is -0.392 e. The summed E-state index contributed by atoms with van der Waals surface area (Å²) in [6.07, 6.45) is 8.00. The van der Waals surface area contributed by atoms with Gasteiger partial charge in [0.2, 0.25) is 0 Å². The van der Waals surface area contributed by atoms with Crippen LogP contribution in [0.3, 0.4) is 0 Å². The van der Waals surface area contributed by atoms with Gasteiger partial charge in [0.15, 0.2) is 5.79 Å². The number of hydrogen-bond acceptors (Lipinski definition) is 3. The maximum atomic E-state index is 8.93. The zero-order valence-electron chi connectivity index (χ0n) is 13.0. The molecule has 0 aromatic carbocycles. The van der Waals surface area contributed by atoms with E-state index in [4.69, 9.17) is 14.6 Å². The Morgan fingerprint density at radius 3 is 2.50 bits per heavy atom. The summed E-state index contributed by atoms with van der Waals surface area (Å²) in [5.74, 6) is -0.496. The third-order valence-electron chi connectivity index (χ3n) is 4.46. The van der Waals surface area contributed by atoms with Gasteiger partial charge in [-0.15, -0.1) is 0 Å². The van der Waals surface area contributed by atoms with E-state index >= 15 is 0 Å². The maximum absolute atomic E-state index is 8.93. The van der Waals surface area contributed by atoms with Gasteiger partial charge in [0.1, 0.15) is 0 Å². The van der Waals surface area contributed by atoms with Crippen LogP contribution < -0.4 is 0 Å². The van der Waals surface area contributed by atoms with E-state index in [1.807, 2.05) is 6.92 Å². The highest BCUT2D eigenvalue weighted by Crippen LogP contribution is 2.48. The van der Waals surface area contributed by atoms with Crippen LogP contribution in [0.1, 0.15) is 40.5 Å². The SMILES string of the molecule is CC1=C(/C=C/C(C)=C/CO)C(C)(C)CC[13C]12OCCO2. The quantitative estimate of drug-likeness (QED) is 0.636. The van der Waals surface area contributed by atoms with Crippen LogP contribution in [0.5, 0.6) is 0 Å².